The number of rotatable bonds is 5. The molecule has 0 spiro atoms. The summed E-state index contributed by atoms with van der Waals surface area (Å²) in [5.41, 5.74) is 0. The van der Waals surface area contributed by atoms with Crippen LogP contribution < -0.4 is 0 Å². The molecule has 122 valence electrons. The van der Waals surface area contributed by atoms with Gasteiger partial charge in [-0.2, -0.15) is 0 Å². The molecule has 2 heterocycles. The predicted molar refractivity (Wildman–Crippen MR) is 79.3 cm³/mol. The number of carbonyl (C=O) groups is 3. The maximum Gasteiger partial charge on any atom is 0.433 e. The Kier molecular flexibility index (Phi) is 4.84. The molecule has 0 bridgehead atoms. The molecular formula is C13H12N2O7S. The molecule has 1 aromatic heterocycles. The minimum Gasteiger partial charge on any atom is -0.462 e. The third-order valence-electron chi connectivity index (χ3n) is 2.59. The Hall–Kier alpha value is -2.62. The quantitative estimate of drug-likeness (QED) is 0.346. The predicted octanol–water partition coefficient (Wildman–Crippen LogP) is 2.18. The Morgan fingerprint density at radius 2 is 2.17 bits per heavy atom. The number of nitrogens with zero attached hydrogens (tertiary/aromatic N) is 2. The molecule has 0 unspecified atom stereocenters. The smallest absolute Gasteiger partial charge is 0.433 e. The Morgan fingerprint density at radius 1 is 1.48 bits per heavy atom. The summed E-state index contributed by atoms with van der Waals surface area (Å²) < 4.78 is 9.78. The van der Waals surface area contributed by atoms with Crippen molar-refractivity contribution in [2.24, 2.45) is 0 Å². The van der Waals surface area contributed by atoms with Gasteiger partial charge in [0.15, 0.2) is 0 Å². The van der Waals surface area contributed by atoms with E-state index in [4.69, 9.17) is 9.15 Å². The van der Waals surface area contributed by atoms with Crippen molar-refractivity contribution in [3.05, 3.63) is 32.9 Å². The van der Waals surface area contributed by atoms with Crippen molar-refractivity contribution in [3.8, 4) is 0 Å². The summed E-state index contributed by atoms with van der Waals surface area (Å²) >= 11 is 0.616. The van der Waals surface area contributed by atoms with Crippen LogP contribution in [0.5, 0.6) is 0 Å². The number of thioether (sulfide) groups is 1. The third-order valence-corrected chi connectivity index (χ3v) is 3.50. The standard InChI is InChI=1S/C13H12N2O7S/c1-7(2)21-11(16)6-14-12(17)9(23-13(14)18)5-8-3-4-10(22-8)15(19)20/h3-5,7H,6H2,1-2H3/b9-5+. The summed E-state index contributed by atoms with van der Waals surface area (Å²) in [7, 11) is 0. The Bertz CT molecular complexity index is 707. The SMILES string of the molecule is CC(C)OC(=O)CN1C(=O)S/C(=C/c2ccc([N+](=O)[O-])o2)C1=O. The molecule has 0 N–H and O–H groups in total. The fraction of sp³-hybridized carbons (Fsp3) is 0.308. The Balaban J connectivity index is 2.12. The van der Waals surface area contributed by atoms with Gasteiger partial charge in [-0.15, -0.1) is 0 Å². The van der Waals surface area contributed by atoms with Crippen molar-refractivity contribution in [2.45, 2.75) is 20.0 Å². The van der Waals surface area contributed by atoms with Crippen LogP contribution in [-0.2, 0) is 14.3 Å². The Morgan fingerprint density at radius 3 is 2.74 bits per heavy atom. The molecule has 10 heteroatoms. The van der Waals surface area contributed by atoms with Crippen molar-refractivity contribution in [1.29, 1.82) is 0 Å². The van der Waals surface area contributed by atoms with Crippen LogP contribution in [0.25, 0.3) is 6.08 Å². The van der Waals surface area contributed by atoms with Crippen molar-refractivity contribution in [1.82, 2.24) is 4.90 Å². The van der Waals surface area contributed by atoms with Crippen molar-refractivity contribution < 1.29 is 28.5 Å². The average Bonchev–Trinajstić information content (AvgIpc) is 2.99. The van der Waals surface area contributed by atoms with Gasteiger partial charge in [0.2, 0.25) is 0 Å². The average molecular weight is 340 g/mol. The van der Waals surface area contributed by atoms with Crippen LogP contribution in [0.3, 0.4) is 0 Å². The molecule has 2 amide bonds. The molecule has 0 saturated carbocycles. The summed E-state index contributed by atoms with van der Waals surface area (Å²) in [6.45, 7) is 2.81. The monoisotopic (exact) mass is 340 g/mol. The molecule has 1 aliphatic rings. The molecule has 23 heavy (non-hydrogen) atoms. The van der Waals surface area contributed by atoms with E-state index in [1.165, 1.54) is 12.1 Å². The minimum atomic E-state index is -0.717. The second-order valence-electron chi connectivity index (χ2n) is 4.74. The number of ether oxygens (including phenoxy) is 1. The van der Waals surface area contributed by atoms with Crippen molar-refractivity contribution >= 4 is 40.8 Å². The molecule has 0 aromatic carbocycles. The van der Waals surface area contributed by atoms with E-state index in [1.54, 1.807) is 13.8 Å². The topological polar surface area (TPSA) is 120 Å². The normalized spacial score (nSPS) is 16.5. The van der Waals surface area contributed by atoms with Gasteiger partial charge in [-0.25, -0.2) is 0 Å². The van der Waals surface area contributed by atoms with Gasteiger partial charge in [0.25, 0.3) is 11.1 Å². The van der Waals surface area contributed by atoms with E-state index in [-0.39, 0.29) is 16.8 Å². The molecule has 2 rings (SSSR count). The van der Waals surface area contributed by atoms with Crippen LogP contribution >= 0.6 is 11.8 Å². The summed E-state index contributed by atoms with van der Waals surface area (Å²) in [5, 5.41) is 9.91. The van der Waals surface area contributed by atoms with Crippen LogP contribution in [0.2, 0.25) is 0 Å². The second-order valence-corrected chi connectivity index (χ2v) is 5.73. The molecular weight excluding hydrogens is 328 g/mol. The first kappa shape index (κ1) is 16.7. The zero-order valence-electron chi connectivity index (χ0n) is 12.2. The molecule has 9 nitrogen and oxygen atoms in total. The number of esters is 1. The van der Waals surface area contributed by atoms with Crippen LogP contribution in [0.4, 0.5) is 10.7 Å². The highest BCUT2D eigenvalue weighted by Crippen LogP contribution is 2.32. The maximum atomic E-state index is 12.1. The highest BCUT2D eigenvalue weighted by atomic mass is 32.2. The van der Waals surface area contributed by atoms with Crippen molar-refractivity contribution in [3.63, 3.8) is 0 Å². The number of nitro groups is 1. The van der Waals surface area contributed by atoms with E-state index in [9.17, 15) is 24.5 Å². The van der Waals surface area contributed by atoms with Gasteiger partial charge in [-0.3, -0.25) is 29.4 Å². The molecule has 1 aromatic rings. The number of carbonyl (C=O) groups excluding carboxylic acids is 3. The number of amides is 2. The van der Waals surface area contributed by atoms with E-state index < -0.39 is 34.5 Å². The van der Waals surface area contributed by atoms with Crippen LogP contribution in [0.15, 0.2) is 21.5 Å². The highest BCUT2D eigenvalue weighted by Gasteiger charge is 2.37. The summed E-state index contributed by atoms with van der Waals surface area (Å²) in [6, 6.07) is 2.44. The summed E-state index contributed by atoms with van der Waals surface area (Å²) in [4.78, 5) is 46.0. The summed E-state index contributed by atoms with van der Waals surface area (Å²) in [5.74, 6) is -1.79. The minimum absolute atomic E-state index is 0.0107. The lowest BCUT2D eigenvalue weighted by Crippen LogP contribution is -2.35. The zero-order valence-corrected chi connectivity index (χ0v) is 13.0. The lowest BCUT2D eigenvalue weighted by molar-refractivity contribution is -0.402. The van der Waals surface area contributed by atoms with E-state index in [0.29, 0.717) is 11.8 Å². The van der Waals surface area contributed by atoms with Gasteiger partial charge < -0.3 is 9.15 Å². The largest absolute Gasteiger partial charge is 0.462 e. The number of imide groups is 1. The third kappa shape index (κ3) is 3.97. The number of hydrogen-bond donors (Lipinski definition) is 0. The van der Waals surface area contributed by atoms with E-state index >= 15 is 0 Å². The first-order valence-electron chi connectivity index (χ1n) is 6.47. The first-order valence-corrected chi connectivity index (χ1v) is 7.28. The fourth-order valence-corrected chi connectivity index (χ4v) is 2.53. The molecule has 1 saturated heterocycles. The first-order chi connectivity index (χ1) is 10.8. The van der Waals surface area contributed by atoms with Crippen LogP contribution in [-0.4, -0.2) is 39.6 Å². The zero-order chi connectivity index (χ0) is 17.1. The van der Waals surface area contributed by atoms with E-state index in [0.717, 1.165) is 11.0 Å². The molecule has 1 fully saturated rings. The van der Waals surface area contributed by atoms with Crippen molar-refractivity contribution in [2.75, 3.05) is 6.54 Å². The van der Waals surface area contributed by atoms with Crippen LogP contribution in [0, 0.1) is 10.1 Å². The van der Waals surface area contributed by atoms with Gasteiger partial charge in [0.1, 0.15) is 17.2 Å². The molecule has 1 aliphatic heterocycles. The number of furan rings is 1. The van der Waals surface area contributed by atoms with Gasteiger partial charge in [0, 0.05) is 6.08 Å². The van der Waals surface area contributed by atoms with Gasteiger partial charge in [-0.05, 0) is 31.7 Å². The van der Waals surface area contributed by atoms with Gasteiger partial charge in [-0.1, -0.05) is 0 Å². The fourth-order valence-electron chi connectivity index (χ4n) is 1.71. The molecule has 0 aliphatic carbocycles. The lowest BCUT2D eigenvalue weighted by atomic mass is 10.3. The lowest BCUT2D eigenvalue weighted by Gasteiger charge is -2.13. The van der Waals surface area contributed by atoms with E-state index in [1.807, 2.05) is 0 Å². The molecule has 0 atom stereocenters. The highest BCUT2D eigenvalue weighted by molar-refractivity contribution is 8.18. The maximum absolute atomic E-state index is 12.1. The Labute approximate surface area is 134 Å². The second kappa shape index (κ2) is 6.65. The van der Waals surface area contributed by atoms with Gasteiger partial charge >= 0.3 is 11.9 Å². The van der Waals surface area contributed by atoms with Crippen LogP contribution in [0.1, 0.15) is 19.6 Å². The van der Waals surface area contributed by atoms with Gasteiger partial charge in [0.05, 0.1) is 17.1 Å². The number of hydrogen-bond acceptors (Lipinski definition) is 8. The summed E-state index contributed by atoms with van der Waals surface area (Å²) in [6.07, 6.45) is 0.854. The van der Waals surface area contributed by atoms with E-state index in [2.05, 4.69) is 0 Å². The molecule has 0 radical (unpaired) electrons.